The maximum Gasteiger partial charge on any atom is 0.407 e. The number of aromatic nitrogens is 3. The van der Waals surface area contributed by atoms with Crippen LogP contribution in [0.2, 0.25) is 0 Å². The van der Waals surface area contributed by atoms with Crippen LogP contribution in [0.4, 0.5) is 4.79 Å². The number of methoxy groups -OCH3 is 2. The maximum atomic E-state index is 12.5. The number of pyridine rings is 1. The van der Waals surface area contributed by atoms with E-state index < -0.39 is 11.7 Å². The number of rotatable bonds is 6. The molecule has 0 atom stereocenters. The molecule has 1 aromatic carbocycles. The summed E-state index contributed by atoms with van der Waals surface area (Å²) < 4.78 is 18.3. The van der Waals surface area contributed by atoms with E-state index in [0.717, 1.165) is 16.7 Å². The number of ether oxygens (including phenoxy) is 3. The van der Waals surface area contributed by atoms with Gasteiger partial charge in [-0.3, -0.25) is 9.69 Å². The fourth-order valence-corrected chi connectivity index (χ4v) is 4.20. The first-order valence-corrected chi connectivity index (χ1v) is 11.4. The van der Waals surface area contributed by atoms with Gasteiger partial charge < -0.3 is 24.1 Å². The van der Waals surface area contributed by atoms with E-state index in [9.17, 15) is 9.59 Å². The second kappa shape index (κ2) is 9.53. The van der Waals surface area contributed by atoms with Gasteiger partial charge in [0.2, 0.25) is 0 Å². The van der Waals surface area contributed by atoms with Gasteiger partial charge in [0.05, 0.1) is 36.7 Å². The van der Waals surface area contributed by atoms with Crippen molar-refractivity contribution in [2.75, 3.05) is 27.3 Å². The fourth-order valence-electron chi connectivity index (χ4n) is 4.20. The highest BCUT2D eigenvalue weighted by molar-refractivity contribution is 5.92. The molecule has 0 unspecified atom stereocenters. The Balaban J connectivity index is 1.57. The van der Waals surface area contributed by atoms with Crippen LogP contribution in [-0.4, -0.2) is 64.5 Å². The first-order chi connectivity index (χ1) is 16.6. The number of alkyl carbamates (subject to hydrolysis) is 1. The van der Waals surface area contributed by atoms with Crippen molar-refractivity contribution in [2.24, 2.45) is 7.05 Å². The van der Waals surface area contributed by atoms with Crippen LogP contribution in [0.15, 0.2) is 35.6 Å². The minimum atomic E-state index is -0.529. The fraction of sp³-hybridized carbons (Fsp3) is 0.440. The lowest BCUT2D eigenvalue weighted by Crippen LogP contribution is -2.59. The number of fused-ring (bicyclic) bond motifs is 1. The predicted octanol–water partition coefficient (Wildman–Crippen LogP) is 2.72. The first-order valence-electron chi connectivity index (χ1n) is 11.4. The number of carbonyl (C=O) groups excluding carboxylic acids is 1. The van der Waals surface area contributed by atoms with Crippen LogP contribution in [0.25, 0.3) is 22.0 Å². The molecule has 0 bridgehead atoms. The van der Waals surface area contributed by atoms with Gasteiger partial charge in [0.15, 0.2) is 0 Å². The molecule has 10 nitrogen and oxygen atoms in total. The summed E-state index contributed by atoms with van der Waals surface area (Å²) in [6.45, 7) is 7.49. The van der Waals surface area contributed by atoms with Crippen molar-refractivity contribution in [2.45, 2.75) is 39.0 Å². The van der Waals surface area contributed by atoms with Gasteiger partial charge in [-0.1, -0.05) is 0 Å². The van der Waals surface area contributed by atoms with Crippen molar-refractivity contribution < 1.29 is 19.0 Å². The van der Waals surface area contributed by atoms with Gasteiger partial charge in [0, 0.05) is 44.6 Å². The molecule has 1 saturated heterocycles. The van der Waals surface area contributed by atoms with Crippen molar-refractivity contribution >= 4 is 17.0 Å². The lowest BCUT2D eigenvalue weighted by molar-refractivity contribution is 0.0390. The molecule has 1 N–H and O–H groups in total. The number of hydrogen-bond acceptors (Lipinski definition) is 8. The van der Waals surface area contributed by atoms with Crippen molar-refractivity contribution in [1.82, 2.24) is 24.8 Å². The van der Waals surface area contributed by atoms with Crippen LogP contribution in [0.5, 0.6) is 11.5 Å². The summed E-state index contributed by atoms with van der Waals surface area (Å²) in [5.74, 6) is 1.33. The van der Waals surface area contributed by atoms with Crippen molar-refractivity contribution in [1.29, 1.82) is 0 Å². The van der Waals surface area contributed by atoms with Gasteiger partial charge in [-0.25, -0.2) is 14.8 Å². The molecule has 0 spiro atoms. The molecule has 35 heavy (non-hydrogen) atoms. The minimum Gasteiger partial charge on any atom is -0.496 e. The van der Waals surface area contributed by atoms with Crippen LogP contribution in [0.1, 0.15) is 26.3 Å². The largest absolute Gasteiger partial charge is 0.496 e. The Bertz CT molecular complexity index is 1280. The Kier molecular flexibility index (Phi) is 6.66. The van der Waals surface area contributed by atoms with Gasteiger partial charge in [0.25, 0.3) is 5.56 Å². The third kappa shape index (κ3) is 5.22. The quantitative estimate of drug-likeness (QED) is 0.573. The van der Waals surface area contributed by atoms with E-state index in [-0.39, 0.29) is 11.6 Å². The zero-order chi connectivity index (χ0) is 25.3. The van der Waals surface area contributed by atoms with Crippen LogP contribution in [0, 0.1) is 0 Å². The lowest BCUT2D eigenvalue weighted by atomic mass is 10.00. The second-order valence-corrected chi connectivity index (χ2v) is 9.64. The third-order valence-electron chi connectivity index (χ3n) is 5.82. The molecule has 1 amide bonds. The number of likely N-dealkylation sites (tertiary alicyclic amines) is 1. The molecule has 3 aromatic rings. The van der Waals surface area contributed by atoms with Gasteiger partial charge in [0.1, 0.15) is 23.4 Å². The maximum absolute atomic E-state index is 12.5. The van der Waals surface area contributed by atoms with E-state index in [0.29, 0.717) is 42.0 Å². The zero-order valence-electron chi connectivity index (χ0n) is 20.9. The Morgan fingerprint density at radius 1 is 1.17 bits per heavy atom. The molecule has 1 aliphatic heterocycles. The van der Waals surface area contributed by atoms with E-state index in [1.165, 1.54) is 17.1 Å². The highest BCUT2D eigenvalue weighted by atomic mass is 16.6. The predicted molar refractivity (Wildman–Crippen MR) is 132 cm³/mol. The van der Waals surface area contributed by atoms with E-state index in [1.54, 1.807) is 27.5 Å². The molecule has 0 radical (unpaired) electrons. The highest BCUT2D eigenvalue weighted by Gasteiger charge is 2.31. The first kappa shape index (κ1) is 24.5. The van der Waals surface area contributed by atoms with Gasteiger partial charge >= 0.3 is 6.09 Å². The second-order valence-electron chi connectivity index (χ2n) is 9.64. The van der Waals surface area contributed by atoms with E-state index >= 15 is 0 Å². The standard InChI is InChI=1S/C25H31N5O5/c1-25(2,3)35-24(32)28-16-10-30(11-16)13-19-20(33-5)7-15(8-21(19)34-6)18-12-29(4)23(31)17-9-26-14-27-22(17)18/h7-9,12,14,16H,10-11,13H2,1-6H3,(H,28,32). The number of benzene rings is 1. The summed E-state index contributed by atoms with van der Waals surface area (Å²) in [5, 5.41) is 3.34. The highest BCUT2D eigenvalue weighted by Crippen LogP contribution is 2.37. The van der Waals surface area contributed by atoms with E-state index in [4.69, 9.17) is 14.2 Å². The van der Waals surface area contributed by atoms with Gasteiger partial charge in [-0.05, 0) is 38.5 Å². The molecule has 1 aliphatic rings. The topological polar surface area (TPSA) is 108 Å². The van der Waals surface area contributed by atoms with E-state index in [2.05, 4.69) is 20.2 Å². The summed E-state index contributed by atoms with van der Waals surface area (Å²) in [5.41, 5.74) is 2.37. The van der Waals surface area contributed by atoms with Crippen molar-refractivity contribution in [3.63, 3.8) is 0 Å². The summed E-state index contributed by atoms with van der Waals surface area (Å²) in [6, 6.07) is 3.88. The smallest absolute Gasteiger partial charge is 0.407 e. The summed E-state index contributed by atoms with van der Waals surface area (Å²) >= 11 is 0. The van der Waals surface area contributed by atoms with Gasteiger partial charge in [-0.2, -0.15) is 0 Å². The van der Waals surface area contributed by atoms with Crippen LogP contribution >= 0.6 is 0 Å². The van der Waals surface area contributed by atoms with Crippen molar-refractivity contribution in [3.05, 3.63) is 46.8 Å². The molecule has 0 saturated carbocycles. The molecule has 1 fully saturated rings. The Hall–Kier alpha value is -3.66. The molecule has 4 rings (SSSR count). The number of aryl methyl sites for hydroxylation is 1. The van der Waals surface area contributed by atoms with Crippen LogP contribution in [-0.2, 0) is 18.3 Å². The molecule has 10 heteroatoms. The lowest BCUT2D eigenvalue weighted by Gasteiger charge is -2.40. The monoisotopic (exact) mass is 481 g/mol. The number of carbonyl (C=O) groups is 1. The number of hydrogen-bond donors (Lipinski definition) is 1. The Labute approximate surface area is 203 Å². The summed E-state index contributed by atoms with van der Waals surface area (Å²) in [7, 11) is 4.94. The molecule has 2 aromatic heterocycles. The van der Waals surface area contributed by atoms with Crippen LogP contribution < -0.4 is 20.3 Å². The Morgan fingerprint density at radius 3 is 2.43 bits per heavy atom. The van der Waals surface area contributed by atoms with E-state index in [1.807, 2.05) is 32.9 Å². The van der Waals surface area contributed by atoms with Crippen molar-refractivity contribution in [3.8, 4) is 22.6 Å². The Morgan fingerprint density at radius 2 is 1.83 bits per heavy atom. The number of nitrogens with zero attached hydrogens (tertiary/aromatic N) is 4. The van der Waals surface area contributed by atoms with Crippen LogP contribution in [0.3, 0.4) is 0 Å². The number of nitrogens with one attached hydrogen (secondary N) is 1. The molecule has 0 aliphatic carbocycles. The number of amides is 1. The minimum absolute atomic E-state index is 0.0257. The normalized spacial score (nSPS) is 14.5. The molecule has 186 valence electrons. The summed E-state index contributed by atoms with van der Waals surface area (Å²) in [4.78, 5) is 35.1. The molecule has 3 heterocycles. The average Bonchev–Trinajstić information content (AvgIpc) is 2.78. The third-order valence-corrected chi connectivity index (χ3v) is 5.82. The average molecular weight is 482 g/mol. The molecular formula is C25H31N5O5. The molecular weight excluding hydrogens is 450 g/mol. The van der Waals surface area contributed by atoms with Gasteiger partial charge in [-0.15, -0.1) is 0 Å². The zero-order valence-corrected chi connectivity index (χ0v) is 20.9. The summed E-state index contributed by atoms with van der Waals surface area (Å²) in [6.07, 6.45) is 4.31. The SMILES string of the molecule is COc1cc(-c2cn(C)c(=O)c3cncnc23)cc(OC)c1CN1CC(NC(=O)OC(C)(C)C)C1.